The third kappa shape index (κ3) is 4.76. The van der Waals surface area contributed by atoms with Crippen LogP contribution in [0.25, 0.3) is 0 Å². The number of carbonyl (C=O) groups excluding carboxylic acids is 1. The van der Waals surface area contributed by atoms with E-state index in [0.717, 1.165) is 38.5 Å². The summed E-state index contributed by atoms with van der Waals surface area (Å²) in [6.45, 7) is 1.56. The van der Waals surface area contributed by atoms with E-state index >= 15 is 0 Å². The Kier molecular flexibility index (Phi) is 5.10. The fourth-order valence-electron chi connectivity index (χ4n) is 3.34. The maximum absolute atomic E-state index is 12.6. The second-order valence-electron chi connectivity index (χ2n) is 6.37. The van der Waals surface area contributed by atoms with Crippen LogP contribution >= 0.6 is 0 Å². The summed E-state index contributed by atoms with van der Waals surface area (Å²) in [5, 5.41) is 0. The van der Waals surface area contributed by atoms with Gasteiger partial charge in [-0.1, -0.05) is 19.8 Å². The predicted octanol–water partition coefficient (Wildman–Crippen LogP) is 3.80. The number of hydrogen-bond acceptors (Lipinski definition) is 2. The molecular weight excluding hydrogens is 267 g/mol. The average Bonchev–Trinajstić information content (AvgIpc) is 3.15. The van der Waals surface area contributed by atoms with Crippen LogP contribution in [-0.4, -0.2) is 36.0 Å². The molecule has 0 radical (unpaired) electrons. The Morgan fingerprint density at radius 1 is 1.25 bits per heavy atom. The van der Waals surface area contributed by atoms with E-state index in [2.05, 4.69) is 6.92 Å². The summed E-state index contributed by atoms with van der Waals surface area (Å²) in [7, 11) is 0. The number of rotatable bonds is 6. The van der Waals surface area contributed by atoms with Gasteiger partial charge in [0.25, 0.3) is 0 Å². The number of alkyl halides is 3. The quantitative estimate of drug-likeness (QED) is 0.742. The van der Waals surface area contributed by atoms with E-state index in [1.54, 1.807) is 0 Å². The van der Waals surface area contributed by atoms with E-state index in [4.69, 9.17) is 0 Å². The van der Waals surface area contributed by atoms with Crippen LogP contribution < -0.4 is 0 Å². The molecule has 2 fully saturated rings. The van der Waals surface area contributed by atoms with Crippen LogP contribution in [0, 0.1) is 11.8 Å². The molecule has 0 heterocycles. The molecule has 0 aromatic heterocycles. The SMILES string of the molecule is CCCC1CCC(=O)C(CN(CC(F)(F)F)C2CC2)C1. The Morgan fingerprint density at radius 2 is 1.95 bits per heavy atom. The molecule has 2 nitrogen and oxygen atoms in total. The minimum absolute atomic E-state index is 0.0518. The van der Waals surface area contributed by atoms with Crippen molar-refractivity contribution in [3.8, 4) is 0 Å². The summed E-state index contributed by atoms with van der Waals surface area (Å²) in [6, 6.07) is 0.0518. The maximum atomic E-state index is 12.6. The normalized spacial score (nSPS) is 28.1. The van der Waals surface area contributed by atoms with Crippen LogP contribution in [0.4, 0.5) is 13.2 Å². The summed E-state index contributed by atoms with van der Waals surface area (Å²) >= 11 is 0. The largest absolute Gasteiger partial charge is 0.401 e. The Balaban J connectivity index is 1.92. The van der Waals surface area contributed by atoms with Gasteiger partial charge >= 0.3 is 6.18 Å². The molecule has 20 heavy (non-hydrogen) atoms. The Bertz CT molecular complexity index is 339. The summed E-state index contributed by atoms with van der Waals surface area (Å²) in [6.07, 6.45) is 1.96. The topological polar surface area (TPSA) is 20.3 Å². The van der Waals surface area contributed by atoms with Crippen molar-refractivity contribution < 1.29 is 18.0 Å². The monoisotopic (exact) mass is 291 g/mol. The van der Waals surface area contributed by atoms with E-state index in [1.807, 2.05) is 0 Å². The van der Waals surface area contributed by atoms with Gasteiger partial charge in [-0.2, -0.15) is 13.2 Å². The lowest BCUT2D eigenvalue weighted by Crippen LogP contribution is -2.42. The van der Waals surface area contributed by atoms with Crippen molar-refractivity contribution in [2.24, 2.45) is 11.8 Å². The van der Waals surface area contributed by atoms with Crippen molar-refractivity contribution >= 4 is 5.78 Å². The summed E-state index contributed by atoms with van der Waals surface area (Å²) in [5.74, 6) is 0.517. The highest BCUT2D eigenvalue weighted by Crippen LogP contribution is 2.35. The van der Waals surface area contributed by atoms with Gasteiger partial charge in [-0.3, -0.25) is 9.69 Å². The predicted molar refractivity (Wildman–Crippen MR) is 71.4 cm³/mol. The second-order valence-corrected chi connectivity index (χ2v) is 6.37. The summed E-state index contributed by atoms with van der Waals surface area (Å²) in [5.41, 5.74) is 0. The molecule has 5 heteroatoms. The highest BCUT2D eigenvalue weighted by Gasteiger charge is 2.40. The molecule has 0 N–H and O–H groups in total. The van der Waals surface area contributed by atoms with Crippen molar-refractivity contribution in [3.05, 3.63) is 0 Å². The first-order chi connectivity index (χ1) is 9.39. The lowest BCUT2D eigenvalue weighted by Gasteiger charge is -2.32. The molecule has 2 saturated carbocycles. The Labute approximate surface area is 118 Å². The van der Waals surface area contributed by atoms with E-state index in [0.29, 0.717) is 18.9 Å². The number of Topliss-reactive ketones (excluding diaryl/α,β-unsaturated/α-hetero) is 1. The number of carbonyl (C=O) groups is 1. The van der Waals surface area contributed by atoms with Crippen LogP contribution in [0.2, 0.25) is 0 Å². The van der Waals surface area contributed by atoms with Crippen LogP contribution in [0.15, 0.2) is 0 Å². The molecule has 0 aromatic rings. The van der Waals surface area contributed by atoms with Crippen LogP contribution in [-0.2, 0) is 4.79 Å². The highest BCUT2D eigenvalue weighted by atomic mass is 19.4. The Morgan fingerprint density at radius 3 is 2.50 bits per heavy atom. The molecule has 2 aliphatic carbocycles. The molecule has 0 bridgehead atoms. The minimum Gasteiger partial charge on any atom is -0.299 e. The van der Waals surface area contributed by atoms with Crippen molar-refractivity contribution in [2.75, 3.05) is 13.1 Å². The fraction of sp³-hybridized carbons (Fsp3) is 0.933. The number of ketones is 1. The van der Waals surface area contributed by atoms with Crippen molar-refractivity contribution in [2.45, 2.75) is 64.1 Å². The molecule has 0 amide bonds. The zero-order chi connectivity index (χ0) is 14.8. The lowest BCUT2D eigenvalue weighted by atomic mass is 9.78. The standard InChI is InChI=1S/C15H24F3NO/c1-2-3-11-4-7-14(20)12(8-11)9-19(13-5-6-13)10-15(16,17)18/h11-13H,2-10H2,1H3. The molecule has 2 rings (SSSR count). The van der Waals surface area contributed by atoms with Crippen molar-refractivity contribution in [1.82, 2.24) is 4.90 Å². The first kappa shape index (κ1) is 15.8. The van der Waals surface area contributed by atoms with Gasteiger partial charge in [-0.05, 0) is 31.6 Å². The zero-order valence-electron chi connectivity index (χ0n) is 12.1. The van der Waals surface area contributed by atoms with Gasteiger partial charge in [0.1, 0.15) is 5.78 Å². The fourth-order valence-corrected chi connectivity index (χ4v) is 3.34. The smallest absolute Gasteiger partial charge is 0.299 e. The van der Waals surface area contributed by atoms with Crippen LogP contribution in [0.3, 0.4) is 0 Å². The minimum atomic E-state index is -4.16. The summed E-state index contributed by atoms with van der Waals surface area (Å²) < 4.78 is 37.8. The van der Waals surface area contributed by atoms with E-state index in [9.17, 15) is 18.0 Å². The third-order valence-electron chi connectivity index (χ3n) is 4.47. The first-order valence-corrected chi connectivity index (χ1v) is 7.72. The molecule has 2 aliphatic rings. The highest BCUT2D eigenvalue weighted by molar-refractivity contribution is 5.82. The van der Waals surface area contributed by atoms with Gasteiger partial charge in [0.05, 0.1) is 6.54 Å². The van der Waals surface area contributed by atoms with E-state index in [-0.39, 0.29) is 17.7 Å². The third-order valence-corrected chi connectivity index (χ3v) is 4.47. The zero-order valence-corrected chi connectivity index (χ0v) is 12.1. The van der Waals surface area contributed by atoms with Crippen molar-refractivity contribution in [3.63, 3.8) is 0 Å². The summed E-state index contributed by atoms with van der Waals surface area (Å²) in [4.78, 5) is 13.5. The first-order valence-electron chi connectivity index (χ1n) is 7.72. The van der Waals surface area contributed by atoms with Gasteiger partial charge in [0, 0.05) is 24.9 Å². The number of nitrogens with zero attached hydrogens (tertiary/aromatic N) is 1. The maximum Gasteiger partial charge on any atom is 0.401 e. The van der Waals surface area contributed by atoms with Gasteiger partial charge in [-0.15, -0.1) is 0 Å². The van der Waals surface area contributed by atoms with Crippen molar-refractivity contribution in [1.29, 1.82) is 0 Å². The molecule has 0 saturated heterocycles. The number of halogens is 3. The van der Waals surface area contributed by atoms with E-state index in [1.165, 1.54) is 4.90 Å². The average molecular weight is 291 g/mol. The molecular formula is C15H24F3NO. The van der Waals surface area contributed by atoms with Gasteiger partial charge in [0.2, 0.25) is 0 Å². The van der Waals surface area contributed by atoms with Gasteiger partial charge in [-0.25, -0.2) is 0 Å². The van der Waals surface area contributed by atoms with Gasteiger partial charge < -0.3 is 0 Å². The number of hydrogen-bond donors (Lipinski definition) is 0. The second kappa shape index (κ2) is 6.46. The molecule has 0 aliphatic heterocycles. The van der Waals surface area contributed by atoms with Crippen LogP contribution in [0.5, 0.6) is 0 Å². The van der Waals surface area contributed by atoms with E-state index < -0.39 is 12.7 Å². The molecule has 2 atom stereocenters. The van der Waals surface area contributed by atoms with Gasteiger partial charge in [0.15, 0.2) is 0 Å². The van der Waals surface area contributed by atoms with Crippen LogP contribution in [0.1, 0.15) is 51.9 Å². The molecule has 0 aromatic carbocycles. The lowest BCUT2D eigenvalue weighted by molar-refractivity contribution is -0.151. The molecule has 116 valence electrons. The molecule has 2 unspecified atom stereocenters. The molecule has 0 spiro atoms. The Hall–Kier alpha value is -0.580.